The average Bonchev–Trinajstić information content (AvgIpc) is 2.13. The van der Waals surface area contributed by atoms with E-state index in [0.717, 1.165) is 0 Å². The molecule has 1 saturated heterocycles. The molecule has 2 nitrogen and oxygen atoms in total. The molecule has 3 heteroatoms. The molecule has 1 aliphatic heterocycles. The molecule has 0 amide bonds. The normalized spacial score (nSPS) is 30.7. The highest BCUT2D eigenvalue weighted by Gasteiger charge is 2.35. The second-order valence-corrected chi connectivity index (χ2v) is 3.64. The number of carbonyl (C=O) groups excluding carboxylic acids is 1. The average molecular weight is 178 g/mol. The number of rotatable bonds is 1. The molecule has 0 aromatic heterocycles. The van der Waals surface area contributed by atoms with Crippen LogP contribution in [0, 0.1) is 5.92 Å². The van der Waals surface area contributed by atoms with Crippen molar-refractivity contribution in [1.82, 2.24) is 5.32 Å². The molecule has 0 radical (unpaired) electrons. The smallest absolute Gasteiger partial charge is 0.148 e. The molecular weight excluding hydrogens is 162 g/mol. The van der Waals surface area contributed by atoms with Crippen molar-refractivity contribution in [2.45, 2.75) is 32.7 Å². The van der Waals surface area contributed by atoms with Crippen molar-refractivity contribution in [3.8, 4) is 0 Å². The van der Waals surface area contributed by atoms with Crippen LogP contribution in [0.4, 0.5) is 0 Å². The maximum Gasteiger partial charge on any atom is 0.148 e. The SMILES string of the molecule is CC(C)C1(C)CC(=O)CN1.Cl. The fourth-order valence-electron chi connectivity index (χ4n) is 1.24. The van der Waals surface area contributed by atoms with E-state index >= 15 is 0 Å². The van der Waals surface area contributed by atoms with Gasteiger partial charge in [0.2, 0.25) is 0 Å². The zero-order valence-corrected chi connectivity index (χ0v) is 8.12. The number of Topliss-reactive ketones (excluding diaryl/α,β-unsaturated/α-hetero) is 1. The molecule has 1 heterocycles. The van der Waals surface area contributed by atoms with Crippen molar-refractivity contribution in [2.75, 3.05) is 6.54 Å². The molecule has 11 heavy (non-hydrogen) atoms. The number of carbonyl (C=O) groups is 1. The van der Waals surface area contributed by atoms with Crippen molar-refractivity contribution in [3.05, 3.63) is 0 Å². The van der Waals surface area contributed by atoms with Crippen molar-refractivity contribution in [2.24, 2.45) is 5.92 Å². The van der Waals surface area contributed by atoms with Crippen molar-refractivity contribution < 1.29 is 4.79 Å². The van der Waals surface area contributed by atoms with Crippen LogP contribution in [0.25, 0.3) is 0 Å². The standard InChI is InChI=1S/C8H15NO.ClH/c1-6(2)8(3)4-7(10)5-9-8;/h6,9H,4-5H2,1-3H3;1H. The third kappa shape index (κ3) is 2.17. The Morgan fingerprint density at radius 1 is 1.55 bits per heavy atom. The largest absolute Gasteiger partial charge is 0.304 e. The van der Waals surface area contributed by atoms with Crippen LogP contribution in [0.2, 0.25) is 0 Å². The molecule has 1 aliphatic rings. The summed E-state index contributed by atoms with van der Waals surface area (Å²) < 4.78 is 0. The van der Waals surface area contributed by atoms with E-state index in [-0.39, 0.29) is 17.9 Å². The number of hydrogen-bond donors (Lipinski definition) is 1. The van der Waals surface area contributed by atoms with Crippen LogP contribution >= 0.6 is 12.4 Å². The molecule has 0 aromatic carbocycles. The summed E-state index contributed by atoms with van der Waals surface area (Å²) >= 11 is 0. The fourth-order valence-corrected chi connectivity index (χ4v) is 1.24. The topological polar surface area (TPSA) is 29.1 Å². The van der Waals surface area contributed by atoms with Crippen molar-refractivity contribution in [1.29, 1.82) is 0 Å². The second kappa shape index (κ2) is 3.55. The fraction of sp³-hybridized carbons (Fsp3) is 0.875. The van der Waals surface area contributed by atoms with Crippen LogP contribution in [0.5, 0.6) is 0 Å². The molecule has 0 aromatic rings. The first-order valence-electron chi connectivity index (χ1n) is 3.81. The predicted octanol–water partition coefficient (Wildman–Crippen LogP) is 1.39. The van der Waals surface area contributed by atoms with E-state index in [0.29, 0.717) is 24.7 Å². The minimum atomic E-state index is 0. The highest BCUT2D eigenvalue weighted by molar-refractivity contribution is 5.85. The number of nitrogens with one attached hydrogen (secondary N) is 1. The van der Waals surface area contributed by atoms with Gasteiger partial charge in [-0.1, -0.05) is 13.8 Å². The Labute approximate surface area is 74.2 Å². The first-order valence-corrected chi connectivity index (χ1v) is 3.81. The summed E-state index contributed by atoms with van der Waals surface area (Å²) in [5.41, 5.74) is 0.0666. The highest BCUT2D eigenvalue weighted by atomic mass is 35.5. The number of hydrogen-bond acceptors (Lipinski definition) is 2. The maximum atomic E-state index is 10.9. The zero-order chi connectivity index (χ0) is 7.78. The first kappa shape index (κ1) is 10.9. The van der Waals surface area contributed by atoms with Gasteiger partial charge in [0.05, 0.1) is 6.54 Å². The molecule has 0 aliphatic carbocycles. The summed E-state index contributed by atoms with van der Waals surface area (Å²) in [5.74, 6) is 0.884. The quantitative estimate of drug-likeness (QED) is 0.656. The Morgan fingerprint density at radius 2 is 2.09 bits per heavy atom. The van der Waals surface area contributed by atoms with Crippen LogP contribution in [0.1, 0.15) is 27.2 Å². The predicted molar refractivity (Wildman–Crippen MR) is 48.1 cm³/mol. The Bertz CT molecular complexity index is 158. The molecule has 0 saturated carbocycles. The van der Waals surface area contributed by atoms with Gasteiger partial charge in [0, 0.05) is 12.0 Å². The summed E-state index contributed by atoms with van der Waals surface area (Å²) in [4.78, 5) is 10.9. The van der Waals surface area contributed by atoms with Crippen LogP contribution in [-0.4, -0.2) is 17.9 Å². The summed E-state index contributed by atoms with van der Waals surface area (Å²) in [6.45, 7) is 6.97. The monoisotopic (exact) mass is 177 g/mol. The second-order valence-electron chi connectivity index (χ2n) is 3.64. The van der Waals surface area contributed by atoms with Gasteiger partial charge in [-0.15, -0.1) is 12.4 Å². The van der Waals surface area contributed by atoms with Gasteiger partial charge in [-0.3, -0.25) is 4.79 Å². The lowest BCUT2D eigenvalue weighted by molar-refractivity contribution is -0.116. The number of halogens is 1. The van der Waals surface area contributed by atoms with E-state index in [4.69, 9.17) is 0 Å². The van der Waals surface area contributed by atoms with E-state index in [1.807, 2.05) is 0 Å². The summed E-state index contributed by atoms with van der Waals surface area (Å²) in [6.07, 6.45) is 0.699. The van der Waals surface area contributed by atoms with E-state index in [2.05, 4.69) is 26.1 Å². The van der Waals surface area contributed by atoms with Gasteiger partial charge in [-0.2, -0.15) is 0 Å². The molecule has 1 rings (SSSR count). The molecule has 66 valence electrons. The lowest BCUT2D eigenvalue weighted by Crippen LogP contribution is -2.41. The highest BCUT2D eigenvalue weighted by Crippen LogP contribution is 2.24. The third-order valence-corrected chi connectivity index (χ3v) is 2.53. The van der Waals surface area contributed by atoms with Crippen LogP contribution in [0.3, 0.4) is 0 Å². The van der Waals surface area contributed by atoms with Crippen molar-refractivity contribution in [3.63, 3.8) is 0 Å². The van der Waals surface area contributed by atoms with Gasteiger partial charge >= 0.3 is 0 Å². The maximum absolute atomic E-state index is 10.9. The zero-order valence-electron chi connectivity index (χ0n) is 7.31. The lowest BCUT2D eigenvalue weighted by atomic mass is 9.87. The van der Waals surface area contributed by atoms with Crippen LogP contribution in [0.15, 0.2) is 0 Å². The molecule has 0 spiro atoms. The van der Waals surface area contributed by atoms with Gasteiger partial charge in [-0.05, 0) is 12.8 Å². The molecule has 1 fully saturated rings. The van der Waals surface area contributed by atoms with Gasteiger partial charge < -0.3 is 5.32 Å². The lowest BCUT2D eigenvalue weighted by Gasteiger charge is -2.27. The third-order valence-electron chi connectivity index (χ3n) is 2.53. The number of ketones is 1. The van der Waals surface area contributed by atoms with Gasteiger partial charge in [0.1, 0.15) is 5.78 Å². The van der Waals surface area contributed by atoms with Gasteiger partial charge in [-0.25, -0.2) is 0 Å². The van der Waals surface area contributed by atoms with Crippen LogP contribution < -0.4 is 5.32 Å². The Kier molecular flexibility index (Phi) is 3.52. The Morgan fingerprint density at radius 3 is 2.27 bits per heavy atom. The molecule has 1 unspecified atom stereocenters. The van der Waals surface area contributed by atoms with Crippen molar-refractivity contribution >= 4 is 18.2 Å². The van der Waals surface area contributed by atoms with E-state index in [1.54, 1.807) is 0 Å². The molecule has 1 atom stereocenters. The summed E-state index contributed by atoms with van der Waals surface area (Å²) in [5, 5.41) is 3.23. The van der Waals surface area contributed by atoms with Gasteiger partial charge in [0.15, 0.2) is 0 Å². The molecule has 1 N–H and O–H groups in total. The summed E-state index contributed by atoms with van der Waals surface area (Å²) in [7, 11) is 0. The van der Waals surface area contributed by atoms with Gasteiger partial charge in [0.25, 0.3) is 0 Å². The van der Waals surface area contributed by atoms with E-state index in [1.165, 1.54) is 0 Å². The molecular formula is C8H16ClNO. The Balaban J connectivity index is 0.000001000. The molecule has 0 bridgehead atoms. The van der Waals surface area contributed by atoms with E-state index < -0.39 is 0 Å². The first-order chi connectivity index (χ1) is 4.54. The van der Waals surface area contributed by atoms with Crippen LogP contribution in [-0.2, 0) is 4.79 Å². The minimum absolute atomic E-state index is 0. The summed E-state index contributed by atoms with van der Waals surface area (Å²) in [6, 6.07) is 0. The Hall–Kier alpha value is -0.0800. The van der Waals surface area contributed by atoms with E-state index in [9.17, 15) is 4.79 Å². The minimum Gasteiger partial charge on any atom is -0.304 e.